The van der Waals surface area contributed by atoms with E-state index in [9.17, 15) is 0 Å². The van der Waals surface area contributed by atoms with E-state index < -0.39 is 0 Å². The van der Waals surface area contributed by atoms with Crippen LogP contribution in [-0.4, -0.2) is 18.5 Å². The van der Waals surface area contributed by atoms with E-state index in [0.29, 0.717) is 6.04 Å². The first-order chi connectivity index (χ1) is 6.81. The van der Waals surface area contributed by atoms with E-state index in [0.717, 1.165) is 17.7 Å². The SMILES string of the molecule is CCC(CC)NCC1CCCC1CCl. The third-order valence-electron chi connectivity index (χ3n) is 3.67. The van der Waals surface area contributed by atoms with Gasteiger partial charge in [0.15, 0.2) is 0 Å². The molecule has 1 N–H and O–H groups in total. The van der Waals surface area contributed by atoms with E-state index in [4.69, 9.17) is 11.6 Å². The van der Waals surface area contributed by atoms with Crippen molar-refractivity contribution in [1.82, 2.24) is 5.32 Å². The van der Waals surface area contributed by atoms with Crippen LogP contribution in [0.15, 0.2) is 0 Å². The van der Waals surface area contributed by atoms with Gasteiger partial charge >= 0.3 is 0 Å². The highest BCUT2D eigenvalue weighted by Gasteiger charge is 2.26. The van der Waals surface area contributed by atoms with Gasteiger partial charge in [-0.2, -0.15) is 0 Å². The van der Waals surface area contributed by atoms with Crippen LogP contribution in [-0.2, 0) is 0 Å². The standard InChI is InChI=1S/C12H24ClN/c1-3-12(4-2)14-9-11-7-5-6-10(11)8-13/h10-12,14H,3-9H2,1-2H3. The molecule has 84 valence electrons. The molecular formula is C12H24ClN. The van der Waals surface area contributed by atoms with Gasteiger partial charge in [-0.25, -0.2) is 0 Å². The molecule has 14 heavy (non-hydrogen) atoms. The van der Waals surface area contributed by atoms with Crippen LogP contribution in [0.3, 0.4) is 0 Å². The van der Waals surface area contributed by atoms with Gasteiger partial charge in [-0.3, -0.25) is 0 Å². The van der Waals surface area contributed by atoms with Gasteiger partial charge < -0.3 is 5.32 Å². The number of hydrogen-bond donors (Lipinski definition) is 1. The van der Waals surface area contributed by atoms with Gasteiger partial charge in [0.1, 0.15) is 0 Å². The third kappa shape index (κ3) is 3.43. The van der Waals surface area contributed by atoms with E-state index in [2.05, 4.69) is 19.2 Å². The van der Waals surface area contributed by atoms with Crippen LogP contribution in [0.5, 0.6) is 0 Å². The fourth-order valence-electron chi connectivity index (χ4n) is 2.48. The summed E-state index contributed by atoms with van der Waals surface area (Å²) in [6, 6.07) is 0.714. The third-order valence-corrected chi connectivity index (χ3v) is 4.07. The molecule has 0 saturated heterocycles. The van der Waals surface area contributed by atoms with E-state index in [1.165, 1.54) is 38.6 Å². The fourth-order valence-corrected chi connectivity index (χ4v) is 2.89. The summed E-state index contributed by atoms with van der Waals surface area (Å²) in [5, 5.41) is 3.67. The zero-order valence-electron chi connectivity index (χ0n) is 9.56. The molecule has 2 unspecified atom stereocenters. The van der Waals surface area contributed by atoms with Crippen molar-refractivity contribution in [3.8, 4) is 0 Å². The molecule has 1 fully saturated rings. The van der Waals surface area contributed by atoms with Crippen LogP contribution in [0.1, 0.15) is 46.0 Å². The minimum absolute atomic E-state index is 0.714. The molecule has 0 aromatic heterocycles. The lowest BCUT2D eigenvalue weighted by atomic mass is 9.97. The highest BCUT2D eigenvalue weighted by atomic mass is 35.5. The molecule has 0 bridgehead atoms. The molecule has 1 aliphatic carbocycles. The van der Waals surface area contributed by atoms with Crippen molar-refractivity contribution in [3.05, 3.63) is 0 Å². The predicted molar refractivity (Wildman–Crippen MR) is 63.9 cm³/mol. The Morgan fingerprint density at radius 2 is 1.86 bits per heavy atom. The van der Waals surface area contributed by atoms with Crippen molar-refractivity contribution in [3.63, 3.8) is 0 Å². The number of rotatable bonds is 6. The lowest BCUT2D eigenvalue weighted by Gasteiger charge is -2.21. The van der Waals surface area contributed by atoms with Crippen LogP contribution in [0.4, 0.5) is 0 Å². The Hall–Kier alpha value is 0.250. The Labute approximate surface area is 93.6 Å². The second kappa shape index (κ2) is 6.68. The maximum Gasteiger partial charge on any atom is 0.0254 e. The largest absolute Gasteiger partial charge is 0.314 e. The van der Waals surface area contributed by atoms with Crippen molar-refractivity contribution in [1.29, 1.82) is 0 Å². The summed E-state index contributed by atoms with van der Waals surface area (Å²) >= 11 is 5.96. The topological polar surface area (TPSA) is 12.0 Å². The van der Waals surface area contributed by atoms with E-state index in [1.807, 2.05) is 0 Å². The summed E-state index contributed by atoms with van der Waals surface area (Å²) < 4.78 is 0. The van der Waals surface area contributed by atoms with Gasteiger partial charge in [0.25, 0.3) is 0 Å². The van der Waals surface area contributed by atoms with Crippen LogP contribution in [0.25, 0.3) is 0 Å². The molecule has 2 heteroatoms. The molecule has 0 aromatic carbocycles. The second-order valence-electron chi connectivity index (χ2n) is 4.53. The normalized spacial score (nSPS) is 27.4. The summed E-state index contributed by atoms with van der Waals surface area (Å²) in [4.78, 5) is 0. The Bertz CT molecular complexity index is 145. The average molecular weight is 218 g/mol. The smallest absolute Gasteiger partial charge is 0.0254 e. The molecule has 0 spiro atoms. The van der Waals surface area contributed by atoms with Crippen molar-refractivity contribution < 1.29 is 0 Å². The highest BCUT2D eigenvalue weighted by molar-refractivity contribution is 6.18. The lowest BCUT2D eigenvalue weighted by Crippen LogP contribution is -2.33. The number of alkyl halides is 1. The Kier molecular flexibility index (Phi) is 5.88. The molecule has 1 aliphatic rings. The van der Waals surface area contributed by atoms with Crippen molar-refractivity contribution in [2.75, 3.05) is 12.4 Å². The van der Waals surface area contributed by atoms with Gasteiger partial charge in [-0.1, -0.05) is 20.3 Å². The summed E-state index contributed by atoms with van der Waals surface area (Å²) in [5.74, 6) is 2.47. The highest BCUT2D eigenvalue weighted by Crippen LogP contribution is 2.32. The van der Waals surface area contributed by atoms with Gasteiger partial charge in [-0.15, -0.1) is 11.6 Å². The summed E-state index contributed by atoms with van der Waals surface area (Å²) in [7, 11) is 0. The quantitative estimate of drug-likeness (QED) is 0.673. The van der Waals surface area contributed by atoms with Crippen molar-refractivity contribution in [2.24, 2.45) is 11.8 Å². The molecule has 1 nitrogen and oxygen atoms in total. The van der Waals surface area contributed by atoms with E-state index >= 15 is 0 Å². The zero-order chi connectivity index (χ0) is 10.4. The van der Waals surface area contributed by atoms with Crippen LogP contribution >= 0.6 is 11.6 Å². The molecule has 0 radical (unpaired) electrons. The van der Waals surface area contributed by atoms with Crippen molar-refractivity contribution >= 4 is 11.6 Å². The monoisotopic (exact) mass is 217 g/mol. The van der Waals surface area contributed by atoms with Crippen LogP contribution in [0, 0.1) is 11.8 Å². The molecule has 0 amide bonds. The lowest BCUT2D eigenvalue weighted by molar-refractivity contribution is 0.361. The Morgan fingerprint density at radius 3 is 2.43 bits per heavy atom. The van der Waals surface area contributed by atoms with E-state index in [-0.39, 0.29) is 0 Å². The summed E-state index contributed by atoms with van der Waals surface area (Å²) in [6.45, 7) is 5.70. The predicted octanol–water partition coefficient (Wildman–Crippen LogP) is 3.42. The summed E-state index contributed by atoms with van der Waals surface area (Å²) in [6.07, 6.45) is 6.60. The zero-order valence-corrected chi connectivity index (χ0v) is 10.3. The van der Waals surface area contributed by atoms with Crippen LogP contribution < -0.4 is 5.32 Å². The summed E-state index contributed by atoms with van der Waals surface area (Å²) in [5.41, 5.74) is 0. The van der Waals surface area contributed by atoms with E-state index in [1.54, 1.807) is 0 Å². The molecule has 1 saturated carbocycles. The first-order valence-corrected chi connectivity index (χ1v) is 6.64. The Morgan fingerprint density at radius 1 is 1.21 bits per heavy atom. The molecule has 2 atom stereocenters. The van der Waals surface area contributed by atoms with Crippen molar-refractivity contribution in [2.45, 2.75) is 52.0 Å². The first-order valence-electron chi connectivity index (χ1n) is 6.11. The number of nitrogens with one attached hydrogen (secondary N) is 1. The van der Waals surface area contributed by atoms with Gasteiger partial charge in [0.2, 0.25) is 0 Å². The molecule has 0 aliphatic heterocycles. The van der Waals surface area contributed by atoms with Gasteiger partial charge in [0.05, 0.1) is 0 Å². The maximum atomic E-state index is 5.96. The average Bonchev–Trinajstić information content (AvgIpc) is 2.67. The molecule has 0 heterocycles. The molecule has 1 rings (SSSR count). The number of hydrogen-bond acceptors (Lipinski definition) is 1. The molecular weight excluding hydrogens is 194 g/mol. The molecule has 0 aromatic rings. The maximum absolute atomic E-state index is 5.96. The minimum Gasteiger partial charge on any atom is -0.314 e. The first kappa shape index (κ1) is 12.3. The minimum atomic E-state index is 0.714. The van der Waals surface area contributed by atoms with Gasteiger partial charge in [-0.05, 0) is 44.1 Å². The number of halogens is 1. The second-order valence-corrected chi connectivity index (χ2v) is 4.84. The fraction of sp³-hybridized carbons (Fsp3) is 1.00. The van der Waals surface area contributed by atoms with Crippen LogP contribution in [0.2, 0.25) is 0 Å². The van der Waals surface area contributed by atoms with Gasteiger partial charge in [0, 0.05) is 11.9 Å². The Balaban J connectivity index is 2.22.